The van der Waals surface area contributed by atoms with Crippen molar-refractivity contribution in [3.63, 3.8) is 0 Å². The molecule has 51 heavy (non-hydrogen) atoms. The van der Waals surface area contributed by atoms with Gasteiger partial charge in [0.05, 0.1) is 0 Å². The van der Waals surface area contributed by atoms with Crippen LogP contribution in [0.5, 0.6) is 0 Å². The zero-order chi connectivity index (χ0) is 36.7. The molecule has 0 aromatic carbocycles. The maximum atomic E-state index is 3.73. The Morgan fingerprint density at radius 2 is 0.627 bits per heavy atom. The highest BCUT2D eigenvalue weighted by atomic mass is 15.3. The van der Waals surface area contributed by atoms with Crippen molar-refractivity contribution in [2.24, 2.45) is 0 Å². The third-order valence-corrected chi connectivity index (χ3v) is 11.7. The molecule has 1 aliphatic heterocycles. The van der Waals surface area contributed by atoms with E-state index in [4.69, 9.17) is 0 Å². The minimum absolute atomic E-state index is 1.16. The number of hydrogen-bond donors (Lipinski definition) is 1. The topological polar surface area (TPSA) is 25.0 Å². The molecule has 1 fully saturated rings. The van der Waals surface area contributed by atoms with Gasteiger partial charge >= 0.3 is 0 Å². The van der Waals surface area contributed by atoms with Gasteiger partial charge in [-0.15, -0.1) is 0 Å². The number of piperazine rings is 1. The number of nitrogens with zero attached hydrogens (tertiary/aromatic N) is 4. The van der Waals surface area contributed by atoms with Gasteiger partial charge in [0, 0.05) is 65.4 Å². The predicted octanol–water partition coefficient (Wildman–Crippen LogP) is 11.8. The fourth-order valence-corrected chi connectivity index (χ4v) is 7.92. The third kappa shape index (κ3) is 32.9. The van der Waals surface area contributed by atoms with Gasteiger partial charge in [-0.25, -0.2) is 0 Å². The van der Waals surface area contributed by atoms with Crippen LogP contribution in [0.2, 0.25) is 0 Å². The zero-order valence-corrected chi connectivity index (χ0v) is 36.0. The van der Waals surface area contributed by atoms with Crippen molar-refractivity contribution in [2.45, 2.75) is 207 Å². The Morgan fingerprint density at radius 3 is 1.02 bits per heavy atom. The first kappa shape index (κ1) is 48.8. The molecule has 1 aliphatic rings. The van der Waals surface area contributed by atoms with Crippen molar-refractivity contribution in [3.8, 4) is 0 Å². The predicted molar refractivity (Wildman–Crippen MR) is 231 cm³/mol. The van der Waals surface area contributed by atoms with Crippen LogP contribution in [0.4, 0.5) is 0 Å². The van der Waals surface area contributed by atoms with Crippen molar-refractivity contribution in [2.75, 3.05) is 91.6 Å². The molecule has 1 saturated heterocycles. The monoisotopic (exact) mass is 720 g/mol. The first-order valence-corrected chi connectivity index (χ1v) is 23.8. The lowest BCUT2D eigenvalue weighted by atomic mass is 10.1. The second kappa shape index (κ2) is 39.5. The molecule has 1 rings (SSSR count). The van der Waals surface area contributed by atoms with Crippen LogP contribution >= 0.6 is 0 Å². The molecule has 0 aliphatic carbocycles. The van der Waals surface area contributed by atoms with Crippen LogP contribution < -0.4 is 5.32 Å². The molecular formula is C46H97N5. The van der Waals surface area contributed by atoms with Crippen LogP contribution in [-0.4, -0.2) is 111 Å². The van der Waals surface area contributed by atoms with Gasteiger partial charge in [-0.2, -0.15) is 0 Å². The van der Waals surface area contributed by atoms with Crippen molar-refractivity contribution < 1.29 is 0 Å². The summed E-state index contributed by atoms with van der Waals surface area (Å²) in [5, 5.41) is 3.73. The first-order valence-electron chi connectivity index (χ1n) is 23.8. The van der Waals surface area contributed by atoms with E-state index in [1.165, 1.54) is 265 Å². The highest BCUT2D eigenvalue weighted by Gasteiger charge is 2.18. The van der Waals surface area contributed by atoms with Crippen LogP contribution in [0.15, 0.2) is 0 Å². The van der Waals surface area contributed by atoms with Crippen molar-refractivity contribution in [1.82, 2.24) is 24.9 Å². The Balaban J connectivity index is 2.46. The van der Waals surface area contributed by atoms with E-state index in [1.54, 1.807) is 0 Å². The zero-order valence-electron chi connectivity index (χ0n) is 36.0. The van der Waals surface area contributed by atoms with E-state index >= 15 is 0 Å². The first-order chi connectivity index (χ1) is 25.2. The molecule has 0 saturated carbocycles. The summed E-state index contributed by atoms with van der Waals surface area (Å²) in [5.74, 6) is 0. The molecule has 306 valence electrons. The Kier molecular flexibility index (Phi) is 37.8. The molecule has 0 bridgehead atoms. The van der Waals surface area contributed by atoms with E-state index in [1.807, 2.05) is 0 Å². The summed E-state index contributed by atoms with van der Waals surface area (Å²) in [6.45, 7) is 26.9. The van der Waals surface area contributed by atoms with Crippen LogP contribution in [0.1, 0.15) is 207 Å². The molecule has 0 aromatic rings. The summed E-state index contributed by atoms with van der Waals surface area (Å²) >= 11 is 0. The van der Waals surface area contributed by atoms with Crippen LogP contribution in [0.25, 0.3) is 0 Å². The maximum absolute atomic E-state index is 3.73. The molecule has 0 aromatic heterocycles. The number of hydrogen-bond acceptors (Lipinski definition) is 5. The highest BCUT2D eigenvalue weighted by molar-refractivity contribution is 4.75. The van der Waals surface area contributed by atoms with Gasteiger partial charge in [0.15, 0.2) is 0 Å². The second-order valence-electron chi connectivity index (χ2n) is 16.6. The van der Waals surface area contributed by atoms with Crippen molar-refractivity contribution in [1.29, 1.82) is 0 Å². The summed E-state index contributed by atoms with van der Waals surface area (Å²) in [4.78, 5) is 11.2. The van der Waals surface area contributed by atoms with E-state index in [0.29, 0.717) is 0 Å². The van der Waals surface area contributed by atoms with Crippen LogP contribution in [-0.2, 0) is 0 Å². The van der Waals surface area contributed by atoms with Gasteiger partial charge in [-0.1, -0.05) is 182 Å². The van der Waals surface area contributed by atoms with E-state index < -0.39 is 0 Å². The minimum Gasteiger partial charge on any atom is -0.315 e. The lowest BCUT2D eigenvalue weighted by Crippen LogP contribution is -2.50. The lowest BCUT2D eigenvalue weighted by molar-refractivity contribution is 0.114. The Bertz CT molecular complexity index is 634. The average molecular weight is 720 g/mol. The van der Waals surface area contributed by atoms with Gasteiger partial charge in [-0.05, 0) is 51.9 Å². The van der Waals surface area contributed by atoms with Crippen molar-refractivity contribution >= 4 is 0 Å². The largest absolute Gasteiger partial charge is 0.315 e. The third-order valence-electron chi connectivity index (χ3n) is 11.7. The molecule has 5 heteroatoms. The SMILES string of the molecule is CCCCCCCCCNCCN1CCN(CCN(CCCCCCCCC)CCN(CCCCCCCCC)CCCCCCCCC)CC1. The fraction of sp³-hybridized carbons (Fsp3) is 1.00. The van der Waals surface area contributed by atoms with Gasteiger partial charge in [0.2, 0.25) is 0 Å². The fourth-order valence-electron chi connectivity index (χ4n) is 7.92. The van der Waals surface area contributed by atoms with E-state index in [2.05, 4.69) is 52.6 Å². The summed E-state index contributed by atoms with van der Waals surface area (Å²) in [6.07, 6.45) is 39.6. The average Bonchev–Trinajstić information content (AvgIpc) is 3.15. The van der Waals surface area contributed by atoms with Crippen LogP contribution in [0, 0.1) is 0 Å². The molecule has 0 radical (unpaired) electrons. The van der Waals surface area contributed by atoms with E-state index in [9.17, 15) is 0 Å². The number of rotatable bonds is 41. The standard InChI is InChI=1S/C46H97N5/c1-5-9-13-17-21-25-29-33-47-34-38-50-42-45-51(46-43-50)44-41-49(37-32-28-24-20-16-12-8-4)40-39-48(35-30-26-22-18-14-10-6-2)36-31-27-23-19-15-11-7-3/h47H,5-46H2,1-4H3. The number of unbranched alkanes of at least 4 members (excludes halogenated alkanes) is 24. The highest BCUT2D eigenvalue weighted by Crippen LogP contribution is 2.12. The van der Waals surface area contributed by atoms with Gasteiger partial charge in [0.25, 0.3) is 0 Å². The quantitative estimate of drug-likeness (QED) is 0.0634. The van der Waals surface area contributed by atoms with Crippen molar-refractivity contribution in [3.05, 3.63) is 0 Å². The molecule has 0 amide bonds. The smallest absolute Gasteiger partial charge is 0.0110 e. The molecule has 1 N–H and O–H groups in total. The molecule has 0 atom stereocenters. The van der Waals surface area contributed by atoms with E-state index in [-0.39, 0.29) is 0 Å². The maximum Gasteiger partial charge on any atom is 0.0110 e. The van der Waals surface area contributed by atoms with Gasteiger partial charge < -0.3 is 15.1 Å². The summed E-state index contributed by atoms with van der Waals surface area (Å²) < 4.78 is 0. The molecular weight excluding hydrogens is 623 g/mol. The summed E-state index contributed by atoms with van der Waals surface area (Å²) in [5.41, 5.74) is 0. The lowest BCUT2D eigenvalue weighted by Gasteiger charge is -2.36. The molecule has 0 spiro atoms. The van der Waals surface area contributed by atoms with Crippen LogP contribution in [0.3, 0.4) is 0 Å². The minimum atomic E-state index is 1.16. The van der Waals surface area contributed by atoms with E-state index in [0.717, 1.165) is 6.54 Å². The normalized spacial score (nSPS) is 14.5. The molecule has 5 nitrogen and oxygen atoms in total. The van der Waals surface area contributed by atoms with Gasteiger partial charge in [-0.3, -0.25) is 9.80 Å². The Labute approximate surface area is 323 Å². The Morgan fingerprint density at radius 1 is 0.314 bits per heavy atom. The van der Waals surface area contributed by atoms with Gasteiger partial charge in [0.1, 0.15) is 0 Å². The Hall–Kier alpha value is -0.200. The molecule has 1 heterocycles. The second-order valence-corrected chi connectivity index (χ2v) is 16.6. The summed E-state index contributed by atoms with van der Waals surface area (Å²) in [6, 6.07) is 0. The number of nitrogens with one attached hydrogen (secondary N) is 1. The molecule has 0 unspecified atom stereocenters. The summed E-state index contributed by atoms with van der Waals surface area (Å²) in [7, 11) is 0.